The van der Waals surface area contributed by atoms with Crippen molar-refractivity contribution in [1.82, 2.24) is 4.98 Å². The summed E-state index contributed by atoms with van der Waals surface area (Å²) in [5, 5.41) is 7.36. The molecule has 2 aromatic carbocycles. The number of hydrogen-bond acceptors (Lipinski definition) is 4. The second-order valence-electron chi connectivity index (χ2n) is 6.12. The van der Waals surface area contributed by atoms with Crippen LogP contribution in [-0.4, -0.2) is 16.8 Å². The number of aryl methyl sites for hydroxylation is 1. The lowest BCUT2D eigenvalue weighted by molar-refractivity contribution is -0.114. The van der Waals surface area contributed by atoms with Crippen molar-refractivity contribution < 1.29 is 14.0 Å². The van der Waals surface area contributed by atoms with E-state index in [1.54, 1.807) is 23.6 Å². The molecule has 0 aliphatic heterocycles. The first-order valence-electron chi connectivity index (χ1n) is 8.25. The SMILES string of the molecule is CC(=O)Nc1ccc(-c2csc(NC(=O)c3cccc(C)c3C)n2)c(F)c1. The second kappa shape index (κ2) is 7.67. The summed E-state index contributed by atoms with van der Waals surface area (Å²) in [5.74, 6) is -1.02. The molecule has 0 spiro atoms. The predicted octanol–water partition coefficient (Wildman–Crippen LogP) is 4.78. The Balaban J connectivity index is 1.80. The topological polar surface area (TPSA) is 71.1 Å². The average molecular weight is 383 g/mol. The number of amides is 2. The molecule has 2 N–H and O–H groups in total. The Morgan fingerprint density at radius 2 is 1.89 bits per heavy atom. The average Bonchev–Trinajstić information content (AvgIpc) is 3.05. The summed E-state index contributed by atoms with van der Waals surface area (Å²) in [7, 11) is 0. The molecule has 0 radical (unpaired) electrons. The molecular formula is C20H18FN3O2S. The largest absolute Gasteiger partial charge is 0.326 e. The summed E-state index contributed by atoms with van der Waals surface area (Å²) >= 11 is 1.22. The quantitative estimate of drug-likeness (QED) is 0.681. The highest BCUT2D eigenvalue weighted by Gasteiger charge is 2.14. The maximum atomic E-state index is 14.3. The highest BCUT2D eigenvalue weighted by molar-refractivity contribution is 7.14. The van der Waals surface area contributed by atoms with Crippen LogP contribution in [0.1, 0.15) is 28.4 Å². The number of halogens is 1. The number of hydrogen-bond donors (Lipinski definition) is 2. The molecule has 1 aromatic heterocycles. The molecule has 1 heterocycles. The zero-order valence-corrected chi connectivity index (χ0v) is 15.9. The van der Waals surface area contributed by atoms with E-state index in [0.717, 1.165) is 11.1 Å². The number of aromatic nitrogens is 1. The van der Waals surface area contributed by atoms with E-state index in [4.69, 9.17) is 0 Å². The normalized spacial score (nSPS) is 10.5. The molecule has 3 aromatic rings. The molecule has 0 fully saturated rings. The number of nitrogens with zero attached hydrogens (tertiary/aromatic N) is 1. The van der Waals surface area contributed by atoms with E-state index in [9.17, 15) is 14.0 Å². The number of rotatable bonds is 4. The van der Waals surface area contributed by atoms with Crippen LogP contribution >= 0.6 is 11.3 Å². The van der Waals surface area contributed by atoms with Gasteiger partial charge in [-0.2, -0.15) is 0 Å². The van der Waals surface area contributed by atoms with Gasteiger partial charge in [0.25, 0.3) is 5.91 Å². The van der Waals surface area contributed by atoms with Crippen molar-refractivity contribution in [3.8, 4) is 11.3 Å². The first-order valence-corrected chi connectivity index (χ1v) is 9.13. The highest BCUT2D eigenvalue weighted by atomic mass is 32.1. The van der Waals surface area contributed by atoms with Crippen molar-refractivity contribution in [2.75, 3.05) is 10.6 Å². The van der Waals surface area contributed by atoms with Crippen LogP contribution < -0.4 is 10.6 Å². The van der Waals surface area contributed by atoms with Gasteiger partial charge in [-0.25, -0.2) is 9.37 Å². The van der Waals surface area contributed by atoms with Gasteiger partial charge in [0.1, 0.15) is 5.82 Å². The van der Waals surface area contributed by atoms with Crippen LogP contribution in [0.2, 0.25) is 0 Å². The molecule has 0 aliphatic rings. The van der Waals surface area contributed by atoms with E-state index in [1.807, 2.05) is 26.0 Å². The van der Waals surface area contributed by atoms with Crippen LogP contribution in [0.3, 0.4) is 0 Å². The van der Waals surface area contributed by atoms with E-state index in [0.29, 0.717) is 27.6 Å². The van der Waals surface area contributed by atoms with Crippen molar-refractivity contribution in [2.45, 2.75) is 20.8 Å². The van der Waals surface area contributed by atoms with E-state index >= 15 is 0 Å². The predicted molar refractivity (Wildman–Crippen MR) is 106 cm³/mol. The summed E-state index contributed by atoms with van der Waals surface area (Å²) in [5.41, 5.74) is 3.62. The maximum Gasteiger partial charge on any atom is 0.257 e. The lowest BCUT2D eigenvalue weighted by Gasteiger charge is -2.07. The molecule has 0 saturated carbocycles. The monoisotopic (exact) mass is 383 g/mol. The molecular weight excluding hydrogens is 365 g/mol. The number of benzene rings is 2. The maximum absolute atomic E-state index is 14.3. The van der Waals surface area contributed by atoms with E-state index in [2.05, 4.69) is 15.6 Å². The Labute approximate surface area is 160 Å². The molecule has 0 saturated heterocycles. The van der Waals surface area contributed by atoms with Gasteiger partial charge < -0.3 is 5.32 Å². The van der Waals surface area contributed by atoms with Crippen LogP contribution in [0.5, 0.6) is 0 Å². The Morgan fingerprint density at radius 1 is 1.11 bits per heavy atom. The number of anilines is 2. The molecule has 0 aliphatic carbocycles. The first-order chi connectivity index (χ1) is 12.8. The summed E-state index contributed by atoms with van der Waals surface area (Å²) < 4.78 is 14.3. The molecule has 0 unspecified atom stereocenters. The minimum Gasteiger partial charge on any atom is -0.326 e. The van der Waals surface area contributed by atoms with Gasteiger partial charge in [-0.1, -0.05) is 12.1 Å². The molecule has 3 rings (SSSR count). The van der Waals surface area contributed by atoms with Crippen LogP contribution in [0.4, 0.5) is 15.2 Å². The minimum atomic E-state index is -0.501. The fraction of sp³-hybridized carbons (Fsp3) is 0.150. The van der Waals surface area contributed by atoms with Gasteiger partial charge in [0.05, 0.1) is 5.69 Å². The van der Waals surface area contributed by atoms with Crippen molar-refractivity contribution in [3.63, 3.8) is 0 Å². The molecule has 138 valence electrons. The van der Waals surface area contributed by atoms with Crippen molar-refractivity contribution in [2.24, 2.45) is 0 Å². The zero-order valence-electron chi connectivity index (χ0n) is 15.1. The van der Waals surface area contributed by atoms with E-state index in [-0.39, 0.29) is 11.8 Å². The number of carbonyl (C=O) groups excluding carboxylic acids is 2. The molecule has 5 nitrogen and oxygen atoms in total. The van der Waals surface area contributed by atoms with Crippen molar-refractivity contribution in [1.29, 1.82) is 0 Å². The third-order valence-electron chi connectivity index (χ3n) is 4.14. The Kier molecular flexibility index (Phi) is 5.32. The lowest BCUT2D eigenvalue weighted by atomic mass is 10.0. The van der Waals surface area contributed by atoms with E-state index in [1.165, 1.54) is 24.3 Å². The van der Waals surface area contributed by atoms with Gasteiger partial charge in [-0.05, 0) is 49.2 Å². The Morgan fingerprint density at radius 3 is 2.59 bits per heavy atom. The van der Waals surface area contributed by atoms with Gasteiger partial charge in [-0.3, -0.25) is 14.9 Å². The van der Waals surface area contributed by atoms with Crippen LogP contribution in [0.15, 0.2) is 41.8 Å². The van der Waals surface area contributed by atoms with Crippen LogP contribution in [-0.2, 0) is 4.79 Å². The fourth-order valence-electron chi connectivity index (χ4n) is 2.62. The van der Waals surface area contributed by atoms with Gasteiger partial charge in [0.2, 0.25) is 5.91 Å². The Hall–Kier alpha value is -3.06. The van der Waals surface area contributed by atoms with Gasteiger partial charge >= 0.3 is 0 Å². The van der Waals surface area contributed by atoms with Gasteiger partial charge in [-0.15, -0.1) is 11.3 Å². The van der Waals surface area contributed by atoms with Crippen molar-refractivity contribution in [3.05, 3.63) is 64.3 Å². The smallest absolute Gasteiger partial charge is 0.257 e. The fourth-order valence-corrected chi connectivity index (χ4v) is 3.33. The number of thiazole rings is 1. The molecule has 2 amide bonds. The van der Waals surface area contributed by atoms with Gasteiger partial charge in [0, 0.05) is 29.1 Å². The third-order valence-corrected chi connectivity index (χ3v) is 4.90. The molecule has 27 heavy (non-hydrogen) atoms. The summed E-state index contributed by atoms with van der Waals surface area (Å²) in [6.07, 6.45) is 0. The third kappa shape index (κ3) is 4.20. The number of carbonyl (C=O) groups is 2. The van der Waals surface area contributed by atoms with Crippen LogP contribution in [0.25, 0.3) is 11.3 Å². The van der Waals surface area contributed by atoms with E-state index < -0.39 is 5.82 Å². The summed E-state index contributed by atoms with van der Waals surface area (Å²) in [6.45, 7) is 5.20. The zero-order chi connectivity index (χ0) is 19.6. The summed E-state index contributed by atoms with van der Waals surface area (Å²) in [4.78, 5) is 27.9. The molecule has 0 bridgehead atoms. The molecule has 0 atom stereocenters. The lowest BCUT2D eigenvalue weighted by Crippen LogP contribution is -2.13. The molecule has 7 heteroatoms. The first kappa shape index (κ1) is 18.7. The standard InChI is InChI=1S/C20H18FN3O2S/c1-11-5-4-6-15(12(11)2)19(26)24-20-23-18(10-27-20)16-8-7-14(9-17(16)21)22-13(3)25/h4-10H,1-3H3,(H,22,25)(H,23,24,26). The number of nitrogens with one attached hydrogen (secondary N) is 2. The minimum absolute atomic E-state index is 0.251. The highest BCUT2D eigenvalue weighted by Crippen LogP contribution is 2.29. The van der Waals surface area contributed by atoms with Gasteiger partial charge in [0.15, 0.2) is 5.13 Å². The summed E-state index contributed by atoms with van der Waals surface area (Å²) in [6, 6.07) is 9.92. The second-order valence-corrected chi connectivity index (χ2v) is 6.97. The Bertz CT molecular complexity index is 1030. The van der Waals surface area contributed by atoms with Crippen LogP contribution in [0, 0.1) is 19.7 Å². The van der Waals surface area contributed by atoms with Crippen molar-refractivity contribution >= 4 is 34.0 Å².